The van der Waals surface area contributed by atoms with Gasteiger partial charge in [0.25, 0.3) is 5.91 Å². The van der Waals surface area contributed by atoms with E-state index in [9.17, 15) is 9.59 Å². The molecule has 0 saturated carbocycles. The number of nitrogens with zero attached hydrogens (tertiary/aromatic N) is 1. The Morgan fingerprint density at radius 3 is 2.39 bits per heavy atom. The third-order valence-electron chi connectivity index (χ3n) is 6.01. The first-order valence-corrected chi connectivity index (χ1v) is 12.2. The Kier molecular flexibility index (Phi) is 8.17. The number of hydrogen-bond donors (Lipinski definition) is 1. The van der Waals surface area contributed by atoms with Crippen LogP contribution in [0.2, 0.25) is 0 Å². The van der Waals surface area contributed by atoms with Crippen molar-refractivity contribution in [3.63, 3.8) is 0 Å². The summed E-state index contributed by atoms with van der Waals surface area (Å²) < 4.78 is 6.14. The third-order valence-corrected chi connectivity index (χ3v) is 6.01. The van der Waals surface area contributed by atoms with Crippen molar-refractivity contribution in [1.82, 2.24) is 10.2 Å². The van der Waals surface area contributed by atoms with E-state index in [1.54, 1.807) is 0 Å². The molecule has 2 amide bonds. The fourth-order valence-electron chi connectivity index (χ4n) is 4.37. The third kappa shape index (κ3) is 6.16. The van der Waals surface area contributed by atoms with Crippen molar-refractivity contribution < 1.29 is 14.3 Å². The Morgan fingerprint density at radius 1 is 1.09 bits per heavy atom. The van der Waals surface area contributed by atoms with Gasteiger partial charge in [0.15, 0.2) is 6.10 Å². The maximum absolute atomic E-state index is 13.2. The summed E-state index contributed by atoms with van der Waals surface area (Å²) in [5, 5.41) is 2.94. The molecule has 2 aromatic rings. The zero-order valence-corrected chi connectivity index (χ0v) is 20.9. The normalized spacial score (nSPS) is 16.5. The van der Waals surface area contributed by atoms with Crippen molar-refractivity contribution in [2.45, 2.75) is 79.0 Å². The van der Waals surface area contributed by atoms with E-state index in [1.807, 2.05) is 37.8 Å². The second kappa shape index (κ2) is 10.9. The van der Waals surface area contributed by atoms with Gasteiger partial charge in [-0.1, -0.05) is 56.7 Å². The van der Waals surface area contributed by atoms with Gasteiger partial charge < -0.3 is 15.0 Å². The van der Waals surface area contributed by atoms with E-state index in [-0.39, 0.29) is 23.9 Å². The quantitative estimate of drug-likeness (QED) is 0.602. The van der Waals surface area contributed by atoms with Crippen molar-refractivity contribution in [3.8, 4) is 5.75 Å². The summed E-state index contributed by atoms with van der Waals surface area (Å²) in [6.07, 6.45) is 1.37. The summed E-state index contributed by atoms with van der Waals surface area (Å²) in [5.74, 6) is 1.04. The highest BCUT2D eigenvalue weighted by Gasteiger charge is 2.33. The molecule has 1 N–H and O–H groups in total. The summed E-state index contributed by atoms with van der Waals surface area (Å²) in [6.45, 7) is 12.8. The number of hydrogen-bond acceptors (Lipinski definition) is 3. The van der Waals surface area contributed by atoms with Crippen molar-refractivity contribution in [3.05, 3.63) is 64.7 Å². The van der Waals surface area contributed by atoms with Crippen molar-refractivity contribution >= 4 is 11.8 Å². The molecule has 0 aliphatic carbocycles. The molecule has 1 heterocycles. The van der Waals surface area contributed by atoms with Gasteiger partial charge in [-0.05, 0) is 68.4 Å². The molecule has 1 aliphatic rings. The minimum absolute atomic E-state index is 0.0603. The fraction of sp³-hybridized carbons (Fsp3) is 0.500. The summed E-state index contributed by atoms with van der Waals surface area (Å²) in [4.78, 5) is 27.8. The standard InChI is InChI=1S/C28H38N2O3/c1-7-25(28(32)29-19(4)5)33-23-13-12-21-14-15-30(26(31)16-18(2)3)27(24(21)17-23)22-10-8-20(6)9-11-22/h8-13,17-19,25,27H,7,14-16H2,1-6H3,(H,29,32). The number of carbonyl (C=O) groups is 2. The number of ether oxygens (including phenoxy) is 1. The van der Waals surface area contributed by atoms with Gasteiger partial charge in [0, 0.05) is 19.0 Å². The van der Waals surface area contributed by atoms with Gasteiger partial charge in [-0.3, -0.25) is 9.59 Å². The van der Waals surface area contributed by atoms with Crippen LogP contribution in [0.15, 0.2) is 42.5 Å². The SMILES string of the molecule is CCC(Oc1ccc2c(c1)C(c1ccc(C)cc1)N(C(=O)CC(C)C)CC2)C(=O)NC(C)C. The maximum Gasteiger partial charge on any atom is 0.261 e. The molecule has 0 fully saturated rings. The van der Waals surface area contributed by atoms with Crippen LogP contribution < -0.4 is 10.1 Å². The Balaban J connectivity index is 1.98. The molecule has 0 bridgehead atoms. The largest absolute Gasteiger partial charge is 0.481 e. The van der Waals surface area contributed by atoms with Crippen LogP contribution in [0.5, 0.6) is 5.75 Å². The molecule has 0 saturated heterocycles. The summed E-state index contributed by atoms with van der Waals surface area (Å²) >= 11 is 0. The van der Waals surface area contributed by atoms with E-state index in [4.69, 9.17) is 4.74 Å². The van der Waals surface area contributed by atoms with E-state index in [0.29, 0.717) is 31.1 Å². The molecule has 178 valence electrons. The topological polar surface area (TPSA) is 58.6 Å². The molecule has 2 atom stereocenters. The highest BCUT2D eigenvalue weighted by atomic mass is 16.5. The smallest absolute Gasteiger partial charge is 0.261 e. The van der Waals surface area contributed by atoms with Crippen molar-refractivity contribution in [2.24, 2.45) is 5.92 Å². The summed E-state index contributed by atoms with van der Waals surface area (Å²) in [6, 6.07) is 14.4. The molecular formula is C28H38N2O3. The lowest BCUT2D eigenvalue weighted by Gasteiger charge is -2.38. The van der Waals surface area contributed by atoms with Gasteiger partial charge in [0.05, 0.1) is 6.04 Å². The molecule has 0 radical (unpaired) electrons. The monoisotopic (exact) mass is 450 g/mol. The minimum atomic E-state index is -0.550. The number of benzene rings is 2. The molecule has 5 heteroatoms. The van der Waals surface area contributed by atoms with Gasteiger partial charge in [-0.2, -0.15) is 0 Å². The first kappa shape index (κ1) is 24.8. The van der Waals surface area contributed by atoms with E-state index in [1.165, 1.54) is 11.1 Å². The first-order valence-electron chi connectivity index (χ1n) is 12.2. The molecule has 0 spiro atoms. The lowest BCUT2D eigenvalue weighted by Crippen LogP contribution is -2.42. The number of carbonyl (C=O) groups excluding carboxylic acids is 2. The van der Waals surface area contributed by atoms with Gasteiger partial charge in [-0.25, -0.2) is 0 Å². The molecule has 33 heavy (non-hydrogen) atoms. The van der Waals surface area contributed by atoms with Gasteiger partial charge >= 0.3 is 0 Å². The number of nitrogens with one attached hydrogen (secondary N) is 1. The summed E-state index contributed by atoms with van der Waals surface area (Å²) in [7, 11) is 0. The number of fused-ring (bicyclic) bond motifs is 1. The molecule has 1 aliphatic heterocycles. The average molecular weight is 451 g/mol. The molecule has 3 rings (SSSR count). The van der Waals surface area contributed by atoms with Gasteiger partial charge in [0.2, 0.25) is 5.91 Å². The first-order chi connectivity index (χ1) is 15.7. The van der Waals surface area contributed by atoms with Crippen LogP contribution in [0.25, 0.3) is 0 Å². The van der Waals surface area contributed by atoms with Crippen LogP contribution in [0.4, 0.5) is 0 Å². The zero-order valence-electron chi connectivity index (χ0n) is 20.9. The van der Waals surface area contributed by atoms with Crippen LogP contribution in [-0.4, -0.2) is 35.4 Å². The Morgan fingerprint density at radius 2 is 1.79 bits per heavy atom. The van der Waals surface area contributed by atoms with Gasteiger partial charge in [-0.15, -0.1) is 0 Å². The Hall–Kier alpha value is -2.82. The van der Waals surface area contributed by atoms with Gasteiger partial charge in [0.1, 0.15) is 5.75 Å². The maximum atomic E-state index is 13.2. The van der Waals surface area contributed by atoms with Crippen LogP contribution in [-0.2, 0) is 16.0 Å². The molecule has 2 unspecified atom stereocenters. The number of rotatable bonds is 8. The second-order valence-corrected chi connectivity index (χ2v) is 9.79. The van der Waals surface area contributed by atoms with Crippen molar-refractivity contribution in [2.75, 3.05) is 6.54 Å². The Bertz CT molecular complexity index is 966. The van der Waals surface area contributed by atoms with Crippen LogP contribution in [0.1, 0.15) is 75.8 Å². The molecule has 5 nitrogen and oxygen atoms in total. The predicted molar refractivity (Wildman–Crippen MR) is 132 cm³/mol. The lowest BCUT2D eigenvalue weighted by atomic mass is 9.87. The van der Waals surface area contributed by atoms with E-state index >= 15 is 0 Å². The Labute approximate surface area is 198 Å². The number of aryl methyl sites for hydroxylation is 1. The fourth-order valence-corrected chi connectivity index (χ4v) is 4.37. The van der Waals surface area contributed by atoms with E-state index in [2.05, 4.69) is 56.4 Å². The molecular weight excluding hydrogens is 412 g/mol. The second-order valence-electron chi connectivity index (χ2n) is 9.79. The summed E-state index contributed by atoms with van der Waals surface area (Å²) in [5.41, 5.74) is 4.59. The highest BCUT2D eigenvalue weighted by molar-refractivity contribution is 5.81. The predicted octanol–water partition coefficient (Wildman–Crippen LogP) is 5.20. The minimum Gasteiger partial charge on any atom is -0.481 e. The van der Waals surface area contributed by atoms with Crippen LogP contribution in [0.3, 0.4) is 0 Å². The van der Waals surface area contributed by atoms with Crippen molar-refractivity contribution in [1.29, 1.82) is 0 Å². The molecule has 0 aromatic heterocycles. The van der Waals surface area contributed by atoms with E-state index < -0.39 is 6.10 Å². The molecule has 2 aromatic carbocycles. The lowest BCUT2D eigenvalue weighted by molar-refractivity contribution is -0.134. The van der Waals surface area contributed by atoms with E-state index in [0.717, 1.165) is 17.5 Å². The van der Waals surface area contributed by atoms with Crippen LogP contribution in [0, 0.1) is 12.8 Å². The van der Waals surface area contributed by atoms with Crippen LogP contribution >= 0.6 is 0 Å². The zero-order chi connectivity index (χ0) is 24.1. The number of amides is 2. The average Bonchev–Trinajstić information content (AvgIpc) is 2.76. The highest BCUT2D eigenvalue weighted by Crippen LogP contribution is 2.38.